The van der Waals surface area contributed by atoms with E-state index in [2.05, 4.69) is 4.98 Å². The molecule has 1 aromatic rings. The van der Waals surface area contributed by atoms with Gasteiger partial charge in [0.1, 0.15) is 6.54 Å². The van der Waals surface area contributed by atoms with Crippen LogP contribution in [0.15, 0.2) is 18.3 Å². The van der Waals surface area contributed by atoms with E-state index >= 15 is 0 Å². The Balaban J connectivity index is 0.00000144. The SMILES string of the molecule is C[N+](C)(C)CC(=O)c1ccc[nH]1.[Cl-]. The van der Waals surface area contributed by atoms with Gasteiger partial charge in [0, 0.05) is 6.20 Å². The van der Waals surface area contributed by atoms with Crippen molar-refractivity contribution in [2.75, 3.05) is 27.7 Å². The quantitative estimate of drug-likeness (QED) is 0.443. The molecule has 0 unspecified atom stereocenters. The van der Waals surface area contributed by atoms with Crippen molar-refractivity contribution in [3.63, 3.8) is 0 Å². The number of nitrogens with zero attached hydrogens (tertiary/aromatic N) is 1. The van der Waals surface area contributed by atoms with Gasteiger partial charge in [0.25, 0.3) is 0 Å². The number of carbonyl (C=O) groups is 1. The number of hydrogen-bond acceptors (Lipinski definition) is 1. The average Bonchev–Trinajstić information content (AvgIpc) is 2.32. The second-order valence-corrected chi connectivity index (χ2v) is 3.96. The largest absolute Gasteiger partial charge is 1.00 e. The molecule has 0 aliphatic heterocycles. The second-order valence-electron chi connectivity index (χ2n) is 3.96. The summed E-state index contributed by atoms with van der Waals surface area (Å²) in [6.45, 7) is 0.528. The lowest BCUT2D eigenvalue weighted by molar-refractivity contribution is -0.861. The molecule has 0 aliphatic carbocycles. The van der Waals surface area contributed by atoms with Gasteiger partial charge in [0.05, 0.1) is 26.8 Å². The first-order valence-electron chi connectivity index (χ1n) is 3.96. The van der Waals surface area contributed by atoms with Gasteiger partial charge in [-0.1, -0.05) is 0 Å². The van der Waals surface area contributed by atoms with Gasteiger partial charge in [0.2, 0.25) is 5.78 Å². The van der Waals surface area contributed by atoms with E-state index < -0.39 is 0 Å². The van der Waals surface area contributed by atoms with Crippen LogP contribution in [0, 0.1) is 0 Å². The zero-order valence-electron chi connectivity index (χ0n) is 8.17. The maximum Gasteiger partial charge on any atom is 0.232 e. The van der Waals surface area contributed by atoms with Gasteiger partial charge < -0.3 is 21.9 Å². The van der Waals surface area contributed by atoms with Crippen molar-refractivity contribution in [1.29, 1.82) is 0 Å². The van der Waals surface area contributed by atoms with Crippen molar-refractivity contribution in [3.8, 4) is 0 Å². The number of likely N-dealkylation sites (N-methyl/N-ethyl adjacent to an activating group) is 1. The minimum Gasteiger partial charge on any atom is -1.00 e. The van der Waals surface area contributed by atoms with Crippen molar-refractivity contribution >= 4 is 5.78 Å². The molecule has 0 amide bonds. The number of Topliss-reactive ketones (excluding diaryl/α,β-unsaturated/α-hetero) is 1. The molecule has 1 aromatic heterocycles. The fraction of sp³-hybridized carbons (Fsp3) is 0.444. The molecule has 1 N–H and O–H groups in total. The van der Waals surface area contributed by atoms with E-state index in [4.69, 9.17) is 0 Å². The Labute approximate surface area is 84.7 Å². The van der Waals surface area contributed by atoms with Crippen LogP contribution in [0.5, 0.6) is 0 Å². The van der Waals surface area contributed by atoms with E-state index in [0.29, 0.717) is 16.7 Å². The van der Waals surface area contributed by atoms with Crippen LogP contribution in [0.4, 0.5) is 0 Å². The number of ketones is 1. The summed E-state index contributed by atoms with van der Waals surface area (Å²) in [6, 6.07) is 3.64. The van der Waals surface area contributed by atoms with E-state index in [1.54, 1.807) is 12.3 Å². The highest BCUT2D eigenvalue weighted by Gasteiger charge is 2.16. The van der Waals surface area contributed by atoms with Crippen molar-refractivity contribution in [2.45, 2.75) is 0 Å². The molecular formula is C9H15ClN2O. The number of aromatic nitrogens is 1. The number of hydrogen-bond donors (Lipinski definition) is 1. The van der Waals surface area contributed by atoms with Crippen molar-refractivity contribution in [1.82, 2.24) is 4.98 Å². The van der Waals surface area contributed by atoms with Gasteiger partial charge in [-0.25, -0.2) is 0 Å². The van der Waals surface area contributed by atoms with E-state index in [1.807, 2.05) is 27.2 Å². The summed E-state index contributed by atoms with van der Waals surface area (Å²) < 4.78 is 0.665. The first-order valence-corrected chi connectivity index (χ1v) is 3.96. The van der Waals surface area contributed by atoms with Crippen LogP contribution in [0.25, 0.3) is 0 Å². The third kappa shape index (κ3) is 4.10. The Hall–Kier alpha value is -0.800. The lowest BCUT2D eigenvalue weighted by atomic mass is 10.2. The van der Waals surface area contributed by atoms with Crippen molar-refractivity contribution in [2.24, 2.45) is 0 Å². The number of nitrogens with one attached hydrogen (secondary N) is 1. The minimum absolute atomic E-state index is 0. The van der Waals surface area contributed by atoms with Crippen LogP contribution in [-0.2, 0) is 0 Å². The summed E-state index contributed by atoms with van der Waals surface area (Å²) in [5.41, 5.74) is 0.697. The third-order valence-electron chi connectivity index (χ3n) is 1.52. The normalized spacial score (nSPS) is 10.7. The summed E-state index contributed by atoms with van der Waals surface area (Å²) in [6.07, 6.45) is 1.77. The summed E-state index contributed by atoms with van der Waals surface area (Å²) in [5.74, 6) is 0.160. The van der Waals surface area contributed by atoms with Gasteiger partial charge in [-0.05, 0) is 12.1 Å². The van der Waals surface area contributed by atoms with Crippen LogP contribution in [0.3, 0.4) is 0 Å². The van der Waals surface area contributed by atoms with E-state index in [0.717, 1.165) is 0 Å². The van der Waals surface area contributed by atoms with E-state index in [1.165, 1.54) is 0 Å². The molecule has 0 fully saturated rings. The molecule has 0 aliphatic rings. The van der Waals surface area contributed by atoms with Gasteiger partial charge >= 0.3 is 0 Å². The molecule has 0 spiro atoms. The monoisotopic (exact) mass is 202 g/mol. The van der Waals surface area contributed by atoms with Crippen molar-refractivity contribution < 1.29 is 21.7 Å². The summed E-state index contributed by atoms with van der Waals surface area (Å²) in [4.78, 5) is 14.4. The molecule has 0 aromatic carbocycles. The first-order chi connectivity index (χ1) is 5.49. The highest BCUT2D eigenvalue weighted by molar-refractivity contribution is 5.95. The molecule has 0 radical (unpaired) electrons. The Bertz CT molecular complexity index is 262. The van der Waals surface area contributed by atoms with Crippen LogP contribution in [0.1, 0.15) is 10.5 Å². The number of quaternary nitrogens is 1. The topological polar surface area (TPSA) is 32.9 Å². The predicted molar refractivity (Wildman–Crippen MR) is 48.0 cm³/mol. The molecule has 0 atom stereocenters. The lowest BCUT2D eigenvalue weighted by Crippen LogP contribution is -3.00. The average molecular weight is 203 g/mol. The Kier molecular flexibility index (Phi) is 4.17. The Morgan fingerprint density at radius 1 is 1.46 bits per heavy atom. The molecule has 74 valence electrons. The second kappa shape index (κ2) is 4.44. The number of H-pyrrole nitrogens is 1. The number of carbonyl (C=O) groups excluding carboxylic acids is 1. The molecule has 4 heteroatoms. The van der Waals surface area contributed by atoms with Crippen molar-refractivity contribution in [3.05, 3.63) is 24.0 Å². The molecule has 0 saturated carbocycles. The zero-order valence-corrected chi connectivity index (χ0v) is 8.93. The molecule has 1 heterocycles. The fourth-order valence-electron chi connectivity index (χ4n) is 1.02. The molecule has 1 rings (SSSR count). The summed E-state index contributed by atoms with van der Waals surface area (Å²) in [7, 11) is 6.00. The van der Waals surface area contributed by atoms with E-state index in [-0.39, 0.29) is 18.2 Å². The zero-order chi connectivity index (χ0) is 9.19. The number of halogens is 1. The van der Waals surface area contributed by atoms with Gasteiger partial charge in [-0.3, -0.25) is 4.79 Å². The Morgan fingerprint density at radius 2 is 2.08 bits per heavy atom. The Morgan fingerprint density at radius 3 is 2.46 bits per heavy atom. The number of aromatic amines is 1. The standard InChI is InChI=1S/C9H14N2O.ClH/c1-11(2,3)7-9(12)8-5-4-6-10-8;/h4-6H,7H2,1-3H3;1H. The molecule has 0 saturated heterocycles. The molecule has 3 nitrogen and oxygen atoms in total. The predicted octanol–water partition coefficient (Wildman–Crippen LogP) is -2.09. The smallest absolute Gasteiger partial charge is 0.232 e. The van der Waals surface area contributed by atoms with E-state index in [9.17, 15) is 4.79 Å². The molecular weight excluding hydrogens is 188 g/mol. The van der Waals surface area contributed by atoms with Crippen LogP contribution < -0.4 is 12.4 Å². The van der Waals surface area contributed by atoms with Crippen LogP contribution in [-0.4, -0.2) is 42.9 Å². The first kappa shape index (κ1) is 12.2. The fourth-order valence-corrected chi connectivity index (χ4v) is 1.02. The lowest BCUT2D eigenvalue weighted by Gasteiger charge is -2.22. The maximum absolute atomic E-state index is 11.5. The summed E-state index contributed by atoms with van der Waals surface area (Å²) >= 11 is 0. The van der Waals surface area contributed by atoms with Crippen LogP contribution >= 0.6 is 0 Å². The van der Waals surface area contributed by atoms with Crippen LogP contribution in [0.2, 0.25) is 0 Å². The van der Waals surface area contributed by atoms with Gasteiger partial charge in [0.15, 0.2) is 0 Å². The molecule has 13 heavy (non-hydrogen) atoms. The highest BCUT2D eigenvalue weighted by atomic mass is 35.5. The van der Waals surface area contributed by atoms with Gasteiger partial charge in [-0.15, -0.1) is 0 Å². The maximum atomic E-state index is 11.5. The third-order valence-corrected chi connectivity index (χ3v) is 1.52. The minimum atomic E-state index is 0. The van der Waals surface area contributed by atoms with Gasteiger partial charge in [-0.2, -0.15) is 0 Å². The highest BCUT2D eigenvalue weighted by Crippen LogP contribution is 2.00. The summed E-state index contributed by atoms with van der Waals surface area (Å²) in [5, 5.41) is 0. The molecule has 0 bridgehead atoms. The number of rotatable bonds is 3.